The Kier molecular flexibility index (Phi) is 3.00. The monoisotopic (exact) mass is 289 g/mol. The van der Waals surface area contributed by atoms with Gasteiger partial charge in [0.1, 0.15) is 18.2 Å². The Morgan fingerprint density at radius 2 is 1.95 bits per heavy atom. The molecule has 4 nitrogen and oxygen atoms in total. The summed E-state index contributed by atoms with van der Waals surface area (Å²) in [6, 6.07) is 16.0. The maximum absolute atomic E-state index is 5.74. The third kappa shape index (κ3) is 2.19. The van der Waals surface area contributed by atoms with Crippen molar-refractivity contribution in [3.8, 4) is 5.75 Å². The molecular weight excluding hydrogens is 274 g/mol. The van der Waals surface area contributed by atoms with E-state index in [1.54, 1.807) is 0 Å². The van der Waals surface area contributed by atoms with E-state index in [2.05, 4.69) is 16.2 Å². The van der Waals surface area contributed by atoms with Gasteiger partial charge in [0.25, 0.3) is 0 Å². The summed E-state index contributed by atoms with van der Waals surface area (Å²) in [7, 11) is 0. The van der Waals surface area contributed by atoms with E-state index >= 15 is 0 Å². The van der Waals surface area contributed by atoms with Crippen molar-refractivity contribution in [1.29, 1.82) is 0 Å². The van der Waals surface area contributed by atoms with E-state index in [9.17, 15) is 0 Å². The highest BCUT2D eigenvalue weighted by Crippen LogP contribution is 2.25. The van der Waals surface area contributed by atoms with Gasteiger partial charge in [-0.15, -0.1) is 0 Å². The molecule has 0 fully saturated rings. The van der Waals surface area contributed by atoms with E-state index in [0.717, 1.165) is 33.7 Å². The smallest absolute Gasteiger partial charge is 0.128 e. The van der Waals surface area contributed by atoms with Gasteiger partial charge in [-0.1, -0.05) is 30.3 Å². The minimum absolute atomic E-state index is 0.534. The molecule has 1 aromatic heterocycles. The van der Waals surface area contributed by atoms with Crippen LogP contribution in [0.15, 0.2) is 59.2 Å². The highest BCUT2D eigenvalue weighted by Gasteiger charge is 2.10. The van der Waals surface area contributed by atoms with Gasteiger partial charge >= 0.3 is 0 Å². The van der Waals surface area contributed by atoms with Crippen LogP contribution < -0.4 is 4.74 Å². The standard InChI is InChI=1S/C18H15N3O/c1-13-20-16-7-3-4-8-17(16)21(13)19-11-14-10-15-6-2-5-9-18(15)22-12-14/h2-11H,12H2,1H3. The van der Waals surface area contributed by atoms with Crippen molar-refractivity contribution < 1.29 is 4.74 Å². The Bertz CT molecular complexity index is 906. The van der Waals surface area contributed by atoms with E-state index in [4.69, 9.17) is 4.74 Å². The zero-order valence-electron chi connectivity index (χ0n) is 12.2. The van der Waals surface area contributed by atoms with Crippen LogP contribution >= 0.6 is 0 Å². The molecule has 0 unspecified atom stereocenters. The summed E-state index contributed by atoms with van der Waals surface area (Å²) >= 11 is 0. The van der Waals surface area contributed by atoms with Gasteiger partial charge in [0.15, 0.2) is 0 Å². The van der Waals surface area contributed by atoms with Gasteiger partial charge in [-0.3, -0.25) is 0 Å². The number of nitrogens with zero attached hydrogens (tertiary/aromatic N) is 3. The summed E-state index contributed by atoms with van der Waals surface area (Å²) in [4.78, 5) is 4.51. The van der Waals surface area contributed by atoms with E-state index < -0.39 is 0 Å². The van der Waals surface area contributed by atoms with Gasteiger partial charge in [0, 0.05) is 11.1 Å². The Labute approximate surface area is 128 Å². The lowest BCUT2D eigenvalue weighted by atomic mass is 10.1. The topological polar surface area (TPSA) is 39.4 Å². The van der Waals surface area contributed by atoms with Crippen molar-refractivity contribution in [2.75, 3.05) is 6.61 Å². The third-order valence-electron chi connectivity index (χ3n) is 3.69. The first kappa shape index (κ1) is 12.8. The molecule has 0 saturated carbocycles. The van der Waals surface area contributed by atoms with E-state index in [0.29, 0.717) is 6.61 Å². The van der Waals surface area contributed by atoms with Crippen molar-refractivity contribution in [1.82, 2.24) is 9.66 Å². The fourth-order valence-electron chi connectivity index (χ4n) is 2.62. The Hall–Kier alpha value is -2.88. The second-order valence-electron chi connectivity index (χ2n) is 5.25. The lowest BCUT2D eigenvalue weighted by Crippen LogP contribution is -2.08. The normalized spacial score (nSPS) is 14.0. The van der Waals surface area contributed by atoms with Gasteiger partial charge in [-0.2, -0.15) is 5.10 Å². The molecule has 0 saturated heterocycles. The van der Waals surface area contributed by atoms with Crippen LogP contribution in [0, 0.1) is 6.92 Å². The number of hydrogen-bond donors (Lipinski definition) is 0. The Balaban J connectivity index is 1.70. The van der Waals surface area contributed by atoms with Crippen LogP contribution in [0.25, 0.3) is 17.1 Å². The van der Waals surface area contributed by atoms with Crippen molar-refractivity contribution in [3.05, 3.63) is 65.5 Å². The third-order valence-corrected chi connectivity index (χ3v) is 3.69. The molecule has 1 aliphatic heterocycles. The molecule has 0 N–H and O–H groups in total. The quantitative estimate of drug-likeness (QED) is 0.675. The minimum Gasteiger partial charge on any atom is -0.488 e. The predicted octanol–water partition coefficient (Wildman–Crippen LogP) is 3.65. The second kappa shape index (κ2) is 5.15. The SMILES string of the molecule is Cc1nc2ccccc2n1N=CC1=Cc2ccccc2OC1. The van der Waals surface area contributed by atoms with Crippen LogP contribution in [0.1, 0.15) is 11.4 Å². The summed E-state index contributed by atoms with van der Waals surface area (Å²) in [5.74, 6) is 1.79. The highest BCUT2D eigenvalue weighted by atomic mass is 16.5. The average Bonchev–Trinajstić information content (AvgIpc) is 2.88. The summed E-state index contributed by atoms with van der Waals surface area (Å²) in [6.45, 7) is 2.49. The van der Waals surface area contributed by atoms with E-state index in [1.165, 1.54) is 0 Å². The Morgan fingerprint density at radius 1 is 1.14 bits per heavy atom. The molecule has 22 heavy (non-hydrogen) atoms. The number of para-hydroxylation sites is 3. The fourth-order valence-corrected chi connectivity index (χ4v) is 2.62. The highest BCUT2D eigenvalue weighted by molar-refractivity contribution is 5.88. The fraction of sp³-hybridized carbons (Fsp3) is 0.111. The number of fused-ring (bicyclic) bond motifs is 2. The maximum Gasteiger partial charge on any atom is 0.128 e. The van der Waals surface area contributed by atoms with Crippen LogP contribution in [0.5, 0.6) is 5.75 Å². The van der Waals surface area contributed by atoms with Crippen LogP contribution in [-0.2, 0) is 0 Å². The van der Waals surface area contributed by atoms with Gasteiger partial charge in [-0.25, -0.2) is 9.66 Å². The molecule has 0 bridgehead atoms. The van der Waals surface area contributed by atoms with Gasteiger partial charge in [-0.05, 0) is 31.2 Å². The molecule has 4 rings (SSSR count). The predicted molar refractivity (Wildman–Crippen MR) is 88.3 cm³/mol. The van der Waals surface area contributed by atoms with Gasteiger partial charge < -0.3 is 4.74 Å². The maximum atomic E-state index is 5.74. The Morgan fingerprint density at radius 3 is 2.91 bits per heavy atom. The van der Waals surface area contributed by atoms with Crippen LogP contribution in [0.2, 0.25) is 0 Å². The molecule has 0 radical (unpaired) electrons. The summed E-state index contributed by atoms with van der Waals surface area (Å²) in [5.41, 5.74) is 4.09. The van der Waals surface area contributed by atoms with E-state index in [-0.39, 0.29) is 0 Å². The first-order valence-corrected chi connectivity index (χ1v) is 7.22. The number of aryl methyl sites for hydroxylation is 1. The minimum atomic E-state index is 0.534. The van der Waals surface area contributed by atoms with Crippen molar-refractivity contribution in [2.45, 2.75) is 6.92 Å². The first-order valence-electron chi connectivity index (χ1n) is 7.22. The first-order chi connectivity index (χ1) is 10.8. The summed E-state index contributed by atoms with van der Waals surface area (Å²) < 4.78 is 7.60. The molecule has 2 heterocycles. The lowest BCUT2D eigenvalue weighted by Gasteiger charge is -2.15. The summed E-state index contributed by atoms with van der Waals surface area (Å²) in [6.07, 6.45) is 3.95. The summed E-state index contributed by atoms with van der Waals surface area (Å²) in [5, 5.41) is 4.57. The molecule has 3 aromatic rings. The largest absolute Gasteiger partial charge is 0.488 e. The molecule has 4 heteroatoms. The lowest BCUT2D eigenvalue weighted by molar-refractivity contribution is 0.353. The number of ether oxygens (including phenoxy) is 1. The van der Waals surface area contributed by atoms with E-state index in [1.807, 2.05) is 66.3 Å². The number of hydrogen-bond acceptors (Lipinski definition) is 3. The number of rotatable bonds is 2. The van der Waals surface area contributed by atoms with Gasteiger partial charge in [0.05, 0.1) is 17.2 Å². The second-order valence-corrected chi connectivity index (χ2v) is 5.25. The molecule has 0 atom stereocenters. The molecule has 0 spiro atoms. The number of aromatic nitrogens is 2. The molecule has 108 valence electrons. The average molecular weight is 289 g/mol. The van der Waals surface area contributed by atoms with Gasteiger partial charge in [0.2, 0.25) is 0 Å². The van der Waals surface area contributed by atoms with Crippen molar-refractivity contribution >= 4 is 23.3 Å². The van der Waals surface area contributed by atoms with Crippen molar-refractivity contribution in [3.63, 3.8) is 0 Å². The zero-order chi connectivity index (χ0) is 14.9. The van der Waals surface area contributed by atoms with Crippen LogP contribution in [0.4, 0.5) is 0 Å². The molecule has 0 aliphatic carbocycles. The molecular formula is C18H15N3O. The molecule has 2 aromatic carbocycles. The van der Waals surface area contributed by atoms with Crippen LogP contribution in [-0.4, -0.2) is 22.5 Å². The zero-order valence-corrected chi connectivity index (χ0v) is 12.2. The van der Waals surface area contributed by atoms with Crippen molar-refractivity contribution in [2.24, 2.45) is 5.10 Å². The number of imidazole rings is 1. The molecule has 0 amide bonds. The molecule has 1 aliphatic rings. The van der Waals surface area contributed by atoms with Crippen LogP contribution in [0.3, 0.4) is 0 Å². The number of benzene rings is 2.